The normalized spacial score (nSPS) is 14.1. The van der Waals surface area contributed by atoms with Gasteiger partial charge in [-0.15, -0.1) is 0 Å². The lowest BCUT2D eigenvalue weighted by molar-refractivity contribution is -0.117. The summed E-state index contributed by atoms with van der Waals surface area (Å²) in [7, 11) is 2.53. The van der Waals surface area contributed by atoms with Crippen molar-refractivity contribution in [2.24, 2.45) is 0 Å². The number of carbonyl (C=O) groups is 3. The first-order chi connectivity index (χ1) is 14.9. The molecule has 1 fully saturated rings. The molecule has 0 saturated carbocycles. The van der Waals surface area contributed by atoms with Crippen LogP contribution in [-0.4, -0.2) is 69.7 Å². The van der Waals surface area contributed by atoms with Crippen LogP contribution in [0.5, 0.6) is 0 Å². The zero-order valence-corrected chi connectivity index (χ0v) is 18.0. The average Bonchev–Trinajstić information content (AvgIpc) is 2.79. The Kier molecular flexibility index (Phi) is 7.25. The molecular weight excluding hydrogens is 398 g/mol. The Morgan fingerprint density at radius 3 is 2.26 bits per heavy atom. The van der Waals surface area contributed by atoms with Crippen LogP contribution in [0.25, 0.3) is 0 Å². The number of amides is 1. The van der Waals surface area contributed by atoms with Crippen molar-refractivity contribution >= 4 is 29.2 Å². The van der Waals surface area contributed by atoms with Crippen molar-refractivity contribution in [1.82, 2.24) is 4.90 Å². The second kappa shape index (κ2) is 10.1. The number of para-hydroxylation sites is 1. The van der Waals surface area contributed by atoms with E-state index >= 15 is 0 Å². The fourth-order valence-electron chi connectivity index (χ4n) is 3.64. The molecule has 164 valence electrons. The highest BCUT2D eigenvalue weighted by Gasteiger charge is 2.22. The summed E-state index contributed by atoms with van der Waals surface area (Å²) in [5.74, 6) is -1.42. The van der Waals surface area contributed by atoms with Gasteiger partial charge in [-0.1, -0.05) is 18.2 Å². The highest BCUT2D eigenvalue weighted by atomic mass is 16.5. The van der Waals surface area contributed by atoms with Gasteiger partial charge in [0.1, 0.15) is 0 Å². The first-order valence-corrected chi connectivity index (χ1v) is 10.1. The van der Waals surface area contributed by atoms with Crippen molar-refractivity contribution in [3.8, 4) is 0 Å². The van der Waals surface area contributed by atoms with Crippen LogP contribution in [0, 0.1) is 6.92 Å². The van der Waals surface area contributed by atoms with Crippen LogP contribution in [0.2, 0.25) is 0 Å². The molecule has 1 heterocycles. The highest BCUT2D eigenvalue weighted by molar-refractivity contribution is 6.03. The van der Waals surface area contributed by atoms with E-state index in [4.69, 9.17) is 9.47 Å². The smallest absolute Gasteiger partial charge is 0.339 e. The molecule has 2 aromatic rings. The van der Waals surface area contributed by atoms with E-state index in [9.17, 15) is 14.4 Å². The minimum absolute atomic E-state index is 0.174. The number of carbonyl (C=O) groups excluding carboxylic acids is 3. The SMILES string of the molecule is COC(=O)c1ccc(C(=O)OC)c(NC(=O)CN2CCN(c3ccccc3C)CC2)c1. The van der Waals surface area contributed by atoms with Crippen molar-refractivity contribution < 1.29 is 23.9 Å². The molecule has 1 saturated heterocycles. The molecule has 0 aliphatic carbocycles. The Morgan fingerprint density at radius 1 is 0.935 bits per heavy atom. The Balaban J connectivity index is 1.64. The zero-order valence-electron chi connectivity index (χ0n) is 18.0. The highest BCUT2D eigenvalue weighted by Crippen LogP contribution is 2.22. The van der Waals surface area contributed by atoms with Gasteiger partial charge in [0.25, 0.3) is 0 Å². The van der Waals surface area contributed by atoms with E-state index in [0.29, 0.717) is 0 Å². The molecule has 0 unspecified atom stereocenters. The van der Waals surface area contributed by atoms with Gasteiger partial charge >= 0.3 is 11.9 Å². The van der Waals surface area contributed by atoms with Gasteiger partial charge in [0.05, 0.1) is 37.6 Å². The number of piperazine rings is 1. The third kappa shape index (κ3) is 5.40. The van der Waals surface area contributed by atoms with Gasteiger partial charge in [-0.2, -0.15) is 0 Å². The molecule has 0 bridgehead atoms. The molecule has 1 N–H and O–H groups in total. The minimum Gasteiger partial charge on any atom is -0.465 e. The van der Waals surface area contributed by atoms with Crippen LogP contribution in [-0.2, 0) is 14.3 Å². The molecular formula is C23H27N3O5. The van der Waals surface area contributed by atoms with Gasteiger partial charge in [-0.25, -0.2) is 9.59 Å². The minimum atomic E-state index is -0.599. The fraction of sp³-hybridized carbons (Fsp3) is 0.348. The molecule has 1 amide bonds. The first-order valence-electron chi connectivity index (χ1n) is 10.1. The molecule has 1 aliphatic rings. The van der Waals surface area contributed by atoms with E-state index in [1.807, 2.05) is 12.1 Å². The topological polar surface area (TPSA) is 88.2 Å². The molecule has 3 rings (SSSR count). The molecule has 8 nitrogen and oxygen atoms in total. The number of methoxy groups -OCH3 is 2. The van der Waals surface area contributed by atoms with Crippen LogP contribution in [0.3, 0.4) is 0 Å². The van der Waals surface area contributed by atoms with E-state index in [1.165, 1.54) is 43.7 Å². The van der Waals surface area contributed by atoms with Crippen molar-refractivity contribution in [2.45, 2.75) is 6.92 Å². The predicted molar refractivity (Wildman–Crippen MR) is 118 cm³/mol. The molecule has 31 heavy (non-hydrogen) atoms. The summed E-state index contributed by atoms with van der Waals surface area (Å²) < 4.78 is 9.49. The summed E-state index contributed by atoms with van der Waals surface area (Å²) in [6, 6.07) is 12.6. The second-order valence-corrected chi connectivity index (χ2v) is 7.34. The maximum atomic E-state index is 12.7. The summed E-state index contributed by atoms with van der Waals surface area (Å²) >= 11 is 0. The molecule has 1 aliphatic heterocycles. The van der Waals surface area contributed by atoms with Gasteiger partial charge in [-0.05, 0) is 36.8 Å². The van der Waals surface area contributed by atoms with Crippen LogP contribution in [0.1, 0.15) is 26.3 Å². The number of rotatable bonds is 6. The molecule has 0 radical (unpaired) electrons. The van der Waals surface area contributed by atoms with Crippen molar-refractivity contribution in [2.75, 3.05) is 57.2 Å². The van der Waals surface area contributed by atoms with Gasteiger partial charge in [0.15, 0.2) is 0 Å². The average molecular weight is 425 g/mol. The number of esters is 2. The number of nitrogens with zero attached hydrogens (tertiary/aromatic N) is 2. The number of hydrogen-bond acceptors (Lipinski definition) is 7. The quantitative estimate of drug-likeness (QED) is 0.711. The van der Waals surface area contributed by atoms with Crippen molar-refractivity contribution in [3.05, 3.63) is 59.2 Å². The Hall–Kier alpha value is -3.39. The molecule has 2 aromatic carbocycles. The van der Waals surface area contributed by atoms with Gasteiger partial charge < -0.3 is 19.7 Å². The summed E-state index contributed by atoms with van der Waals surface area (Å²) in [6.07, 6.45) is 0. The molecule has 8 heteroatoms. The summed E-state index contributed by atoms with van der Waals surface area (Å²) in [4.78, 5) is 40.9. The van der Waals surface area contributed by atoms with E-state index in [1.54, 1.807) is 0 Å². The third-order valence-electron chi connectivity index (χ3n) is 5.32. The van der Waals surface area contributed by atoms with Crippen LogP contribution >= 0.6 is 0 Å². The first kappa shape index (κ1) is 22.3. The van der Waals surface area contributed by atoms with E-state index in [-0.39, 0.29) is 29.3 Å². The molecule has 0 atom stereocenters. The standard InChI is InChI=1S/C23H27N3O5/c1-16-6-4-5-7-20(16)26-12-10-25(11-13-26)15-21(27)24-19-14-17(22(28)30-2)8-9-18(19)23(29)31-3/h4-9,14H,10-13,15H2,1-3H3,(H,24,27). The second-order valence-electron chi connectivity index (χ2n) is 7.34. The summed E-state index contributed by atoms with van der Waals surface area (Å²) in [5, 5.41) is 2.74. The Bertz CT molecular complexity index is 967. The van der Waals surface area contributed by atoms with E-state index < -0.39 is 11.9 Å². The number of anilines is 2. The predicted octanol–water partition coefficient (Wildman–Crippen LogP) is 2.33. The maximum Gasteiger partial charge on any atom is 0.339 e. The third-order valence-corrected chi connectivity index (χ3v) is 5.32. The number of hydrogen-bond donors (Lipinski definition) is 1. The van der Waals surface area contributed by atoms with Gasteiger partial charge in [-0.3, -0.25) is 9.69 Å². The Morgan fingerprint density at radius 2 is 1.61 bits per heavy atom. The van der Waals surface area contributed by atoms with Crippen LogP contribution in [0.15, 0.2) is 42.5 Å². The number of benzene rings is 2. The maximum absolute atomic E-state index is 12.7. The van der Waals surface area contributed by atoms with Crippen LogP contribution in [0.4, 0.5) is 11.4 Å². The fourth-order valence-corrected chi connectivity index (χ4v) is 3.64. The van der Waals surface area contributed by atoms with E-state index in [0.717, 1.165) is 26.2 Å². The van der Waals surface area contributed by atoms with Gasteiger partial charge in [0, 0.05) is 31.9 Å². The van der Waals surface area contributed by atoms with E-state index in [2.05, 4.69) is 34.2 Å². The summed E-state index contributed by atoms with van der Waals surface area (Å²) in [6.45, 7) is 5.41. The molecule has 0 aromatic heterocycles. The molecule has 0 spiro atoms. The van der Waals surface area contributed by atoms with Crippen molar-refractivity contribution in [1.29, 1.82) is 0 Å². The zero-order chi connectivity index (χ0) is 22.4. The lowest BCUT2D eigenvalue weighted by Gasteiger charge is -2.36. The number of nitrogens with one attached hydrogen (secondary N) is 1. The van der Waals surface area contributed by atoms with Gasteiger partial charge in [0.2, 0.25) is 5.91 Å². The largest absolute Gasteiger partial charge is 0.465 e. The van der Waals surface area contributed by atoms with Crippen LogP contribution < -0.4 is 10.2 Å². The lowest BCUT2D eigenvalue weighted by Crippen LogP contribution is -2.48. The Labute approximate surface area is 181 Å². The number of aryl methyl sites for hydroxylation is 1. The monoisotopic (exact) mass is 425 g/mol. The summed E-state index contributed by atoms with van der Waals surface area (Å²) in [5.41, 5.74) is 3.08. The van der Waals surface area contributed by atoms with Crippen molar-refractivity contribution in [3.63, 3.8) is 0 Å². The lowest BCUT2D eigenvalue weighted by atomic mass is 10.1. The number of ether oxygens (including phenoxy) is 2.